The van der Waals surface area contributed by atoms with Gasteiger partial charge in [0.2, 0.25) is 0 Å². The number of carbonyl (C=O) groups excluding carboxylic acids is 2. The van der Waals surface area contributed by atoms with E-state index < -0.39 is 24.0 Å². The van der Waals surface area contributed by atoms with Gasteiger partial charge in [0.05, 0.1) is 6.07 Å². The van der Waals surface area contributed by atoms with Crippen molar-refractivity contribution in [2.24, 2.45) is 0 Å². The smallest absolute Gasteiger partial charge is 0.342 e. The molecular weight excluding hydrogens is 380 g/mol. The number of para-hydroxylation sites is 1. The highest BCUT2D eigenvalue weighted by Gasteiger charge is 2.33. The van der Waals surface area contributed by atoms with Crippen molar-refractivity contribution in [3.63, 3.8) is 0 Å². The number of ether oxygens (including phenoxy) is 2. The highest BCUT2D eigenvalue weighted by Crippen LogP contribution is 2.27. The third kappa shape index (κ3) is 5.60. The molecule has 1 N–H and O–H groups in total. The molecular formula is C24H26N2O4. The van der Waals surface area contributed by atoms with Crippen molar-refractivity contribution in [3.8, 4) is 11.8 Å². The van der Waals surface area contributed by atoms with Gasteiger partial charge in [-0.3, -0.25) is 4.79 Å². The third-order valence-corrected chi connectivity index (χ3v) is 5.22. The number of carbonyl (C=O) groups is 2. The molecule has 0 saturated heterocycles. The van der Waals surface area contributed by atoms with E-state index in [1.807, 2.05) is 31.2 Å². The van der Waals surface area contributed by atoms with Gasteiger partial charge in [0, 0.05) is 0 Å². The van der Waals surface area contributed by atoms with E-state index in [1.54, 1.807) is 24.3 Å². The Morgan fingerprint density at radius 1 is 1.10 bits per heavy atom. The predicted octanol–water partition coefficient (Wildman–Crippen LogP) is 4.07. The van der Waals surface area contributed by atoms with Crippen LogP contribution in [0.3, 0.4) is 0 Å². The van der Waals surface area contributed by atoms with Crippen LogP contribution in [0.15, 0.2) is 48.5 Å². The summed E-state index contributed by atoms with van der Waals surface area (Å²) in [6.07, 6.45) is 4.11. The van der Waals surface area contributed by atoms with Crippen LogP contribution in [-0.4, -0.2) is 24.0 Å². The van der Waals surface area contributed by atoms with Crippen LogP contribution in [-0.2, 0) is 16.1 Å². The Labute approximate surface area is 176 Å². The number of nitrogens with one attached hydrogen (secondary N) is 1. The van der Waals surface area contributed by atoms with E-state index in [0.717, 1.165) is 30.4 Å². The van der Waals surface area contributed by atoms with Gasteiger partial charge >= 0.3 is 5.97 Å². The summed E-state index contributed by atoms with van der Waals surface area (Å²) < 4.78 is 11.0. The number of benzene rings is 2. The number of rotatable bonds is 7. The largest absolute Gasteiger partial charge is 0.488 e. The molecule has 1 saturated carbocycles. The quantitative estimate of drug-likeness (QED) is 0.700. The van der Waals surface area contributed by atoms with Crippen LogP contribution >= 0.6 is 0 Å². The molecule has 1 amide bonds. The lowest BCUT2D eigenvalue weighted by Crippen LogP contribution is -2.50. The minimum atomic E-state index is -0.851. The second-order valence-electron chi connectivity index (χ2n) is 7.65. The molecule has 0 bridgehead atoms. The van der Waals surface area contributed by atoms with Crippen molar-refractivity contribution < 1.29 is 19.1 Å². The Bertz CT molecular complexity index is 942. The summed E-state index contributed by atoms with van der Waals surface area (Å²) in [5.74, 6) is -0.713. The van der Waals surface area contributed by atoms with E-state index >= 15 is 0 Å². The Kier molecular flexibility index (Phi) is 7.08. The van der Waals surface area contributed by atoms with E-state index in [-0.39, 0.29) is 5.56 Å². The lowest BCUT2D eigenvalue weighted by Gasteiger charge is -2.31. The normalized spacial score (nSPS) is 14.9. The number of nitriles is 1. The van der Waals surface area contributed by atoms with Gasteiger partial charge in [0.25, 0.3) is 5.91 Å². The van der Waals surface area contributed by atoms with Gasteiger partial charge in [0.1, 0.15) is 23.5 Å². The zero-order chi connectivity index (χ0) is 21.4. The van der Waals surface area contributed by atoms with Crippen LogP contribution in [0.2, 0.25) is 0 Å². The third-order valence-electron chi connectivity index (χ3n) is 5.22. The maximum atomic E-state index is 12.5. The molecule has 1 fully saturated rings. The van der Waals surface area contributed by atoms with Crippen LogP contribution in [0.5, 0.6) is 5.75 Å². The van der Waals surface area contributed by atoms with Crippen LogP contribution in [0.1, 0.15) is 53.6 Å². The predicted molar refractivity (Wildman–Crippen MR) is 112 cm³/mol. The van der Waals surface area contributed by atoms with Gasteiger partial charge in [-0.1, -0.05) is 61.2 Å². The average Bonchev–Trinajstić information content (AvgIpc) is 2.77. The molecule has 156 valence electrons. The van der Waals surface area contributed by atoms with Crippen LogP contribution in [0.4, 0.5) is 0 Å². The van der Waals surface area contributed by atoms with E-state index in [4.69, 9.17) is 9.47 Å². The monoisotopic (exact) mass is 406 g/mol. The SMILES string of the molecule is Cc1cccc(COc2ccccc2C(=O)OCC(=O)NC2(C#N)CCCCC2)c1. The zero-order valence-corrected chi connectivity index (χ0v) is 17.1. The first kappa shape index (κ1) is 21.4. The first-order chi connectivity index (χ1) is 14.5. The minimum absolute atomic E-state index is 0.255. The van der Waals surface area contributed by atoms with Crippen molar-refractivity contribution in [2.45, 2.75) is 51.2 Å². The number of esters is 1. The van der Waals surface area contributed by atoms with Gasteiger partial charge < -0.3 is 14.8 Å². The van der Waals surface area contributed by atoms with Gasteiger partial charge in [-0.25, -0.2) is 4.79 Å². The van der Waals surface area contributed by atoms with Crippen molar-refractivity contribution in [2.75, 3.05) is 6.61 Å². The minimum Gasteiger partial charge on any atom is -0.488 e. The first-order valence-corrected chi connectivity index (χ1v) is 10.2. The van der Waals surface area contributed by atoms with Crippen molar-refractivity contribution >= 4 is 11.9 Å². The standard InChI is InChI=1S/C24H26N2O4/c1-18-8-7-9-19(14-18)15-29-21-11-4-3-10-20(21)23(28)30-16-22(27)26-24(17-25)12-5-2-6-13-24/h3-4,7-11,14H,2,5-6,12-13,15-16H2,1H3,(H,26,27). The maximum Gasteiger partial charge on any atom is 0.342 e. The lowest BCUT2D eigenvalue weighted by atomic mass is 9.83. The summed E-state index contributed by atoms with van der Waals surface area (Å²) >= 11 is 0. The second-order valence-corrected chi connectivity index (χ2v) is 7.65. The molecule has 0 heterocycles. The summed E-state index contributed by atoms with van der Waals surface area (Å²) in [6.45, 7) is 1.88. The molecule has 2 aromatic rings. The Balaban J connectivity index is 1.57. The molecule has 0 spiro atoms. The molecule has 30 heavy (non-hydrogen) atoms. The number of hydrogen-bond donors (Lipinski definition) is 1. The summed E-state index contributed by atoms with van der Waals surface area (Å²) in [4.78, 5) is 24.8. The van der Waals surface area contributed by atoms with Gasteiger partial charge in [-0.05, 0) is 37.5 Å². The van der Waals surface area contributed by atoms with Crippen LogP contribution in [0.25, 0.3) is 0 Å². The van der Waals surface area contributed by atoms with Crippen molar-refractivity contribution in [3.05, 3.63) is 65.2 Å². The zero-order valence-electron chi connectivity index (χ0n) is 17.1. The molecule has 0 unspecified atom stereocenters. The van der Waals surface area contributed by atoms with Crippen molar-refractivity contribution in [1.82, 2.24) is 5.32 Å². The van der Waals surface area contributed by atoms with E-state index in [2.05, 4.69) is 11.4 Å². The molecule has 0 aromatic heterocycles. The molecule has 1 aliphatic carbocycles. The highest BCUT2D eigenvalue weighted by molar-refractivity contribution is 5.94. The summed E-state index contributed by atoms with van der Waals surface area (Å²) in [5, 5.41) is 12.2. The maximum absolute atomic E-state index is 12.5. The molecule has 0 radical (unpaired) electrons. The van der Waals surface area contributed by atoms with Crippen LogP contribution in [0, 0.1) is 18.3 Å². The fourth-order valence-corrected chi connectivity index (χ4v) is 3.66. The molecule has 1 aliphatic rings. The molecule has 3 rings (SSSR count). The van der Waals surface area contributed by atoms with E-state index in [0.29, 0.717) is 25.2 Å². The Hall–Kier alpha value is -3.33. The van der Waals surface area contributed by atoms with Gasteiger partial charge in [-0.2, -0.15) is 5.26 Å². The van der Waals surface area contributed by atoms with Crippen LogP contribution < -0.4 is 10.1 Å². The summed E-state index contributed by atoms with van der Waals surface area (Å²) in [7, 11) is 0. The van der Waals surface area contributed by atoms with E-state index in [9.17, 15) is 14.9 Å². The topological polar surface area (TPSA) is 88.4 Å². The number of aryl methyl sites for hydroxylation is 1. The lowest BCUT2D eigenvalue weighted by molar-refractivity contribution is -0.125. The molecule has 0 atom stereocenters. The molecule has 6 heteroatoms. The fraction of sp³-hybridized carbons (Fsp3) is 0.375. The fourth-order valence-electron chi connectivity index (χ4n) is 3.66. The molecule has 6 nitrogen and oxygen atoms in total. The Morgan fingerprint density at radius 2 is 1.87 bits per heavy atom. The second kappa shape index (κ2) is 9.93. The van der Waals surface area contributed by atoms with E-state index in [1.165, 1.54) is 0 Å². The van der Waals surface area contributed by atoms with Gasteiger partial charge in [0.15, 0.2) is 6.61 Å². The number of hydrogen-bond acceptors (Lipinski definition) is 5. The summed E-state index contributed by atoms with van der Waals surface area (Å²) in [6, 6.07) is 16.9. The average molecular weight is 406 g/mol. The Morgan fingerprint density at radius 3 is 2.60 bits per heavy atom. The number of amides is 1. The first-order valence-electron chi connectivity index (χ1n) is 10.2. The molecule has 0 aliphatic heterocycles. The summed E-state index contributed by atoms with van der Waals surface area (Å²) in [5.41, 5.74) is 1.52. The number of nitrogens with zero attached hydrogens (tertiary/aromatic N) is 1. The highest BCUT2D eigenvalue weighted by atomic mass is 16.5. The van der Waals surface area contributed by atoms with Crippen molar-refractivity contribution in [1.29, 1.82) is 5.26 Å². The molecule has 2 aromatic carbocycles. The van der Waals surface area contributed by atoms with Gasteiger partial charge in [-0.15, -0.1) is 0 Å².